The topological polar surface area (TPSA) is 85.2 Å². The average Bonchev–Trinajstić information content (AvgIpc) is 3.32. The van der Waals surface area contributed by atoms with Crippen LogP contribution in [0.2, 0.25) is 0 Å². The number of hydrogen-bond acceptors (Lipinski definition) is 6. The number of hydrogen-bond donors (Lipinski definition) is 1. The van der Waals surface area contributed by atoms with E-state index in [9.17, 15) is 14.7 Å². The van der Waals surface area contributed by atoms with E-state index in [0.717, 1.165) is 24.0 Å². The number of allylic oxidation sites excluding steroid dienone is 3. The monoisotopic (exact) mass is 439 g/mol. The predicted octanol–water partition coefficient (Wildman–Crippen LogP) is 4.45. The normalized spacial score (nSPS) is 23.0. The third kappa shape index (κ3) is 6.09. The van der Waals surface area contributed by atoms with E-state index in [2.05, 4.69) is 30.1 Å². The Bertz CT molecular complexity index is 917. The van der Waals surface area contributed by atoms with Gasteiger partial charge in [-0.15, -0.1) is 0 Å². The number of nitrogens with zero attached hydrogens (tertiary/aromatic N) is 1. The lowest BCUT2D eigenvalue weighted by Crippen LogP contribution is -2.37. The molecule has 2 aliphatic rings. The van der Waals surface area contributed by atoms with Gasteiger partial charge in [-0.25, -0.2) is 0 Å². The van der Waals surface area contributed by atoms with E-state index in [-0.39, 0.29) is 35.8 Å². The molecule has 1 aromatic rings. The zero-order chi connectivity index (χ0) is 23.1. The van der Waals surface area contributed by atoms with Crippen LogP contribution in [0.3, 0.4) is 0 Å². The van der Waals surface area contributed by atoms with Gasteiger partial charge < -0.3 is 14.6 Å². The summed E-state index contributed by atoms with van der Waals surface area (Å²) in [5, 5.41) is 9.76. The van der Waals surface area contributed by atoms with Crippen LogP contribution in [0.25, 0.3) is 0 Å². The summed E-state index contributed by atoms with van der Waals surface area (Å²) in [6.45, 7) is 4.24. The van der Waals surface area contributed by atoms with Crippen molar-refractivity contribution in [3.8, 4) is 11.5 Å². The third-order valence-electron chi connectivity index (χ3n) is 6.37. The quantitative estimate of drug-likeness (QED) is 0.430. The van der Waals surface area contributed by atoms with Gasteiger partial charge in [-0.05, 0) is 48.4 Å². The van der Waals surface area contributed by atoms with Gasteiger partial charge in [0.2, 0.25) is 0 Å². The van der Waals surface area contributed by atoms with Crippen LogP contribution < -0.4 is 4.74 Å². The molecule has 1 aliphatic carbocycles. The van der Waals surface area contributed by atoms with Gasteiger partial charge in [0.05, 0.1) is 13.7 Å². The Kier molecular flexibility index (Phi) is 8.26. The van der Waals surface area contributed by atoms with Crippen LogP contribution in [0, 0.1) is 17.8 Å². The average molecular weight is 440 g/mol. The minimum absolute atomic E-state index is 0.0439. The number of rotatable bonds is 10. The smallest absolute Gasteiger partial charge is 0.302 e. The van der Waals surface area contributed by atoms with Crippen LogP contribution in [-0.4, -0.2) is 42.8 Å². The van der Waals surface area contributed by atoms with Crippen LogP contribution in [0.4, 0.5) is 0 Å². The first-order valence-corrected chi connectivity index (χ1v) is 11.3. The largest absolute Gasteiger partial charge is 0.504 e. The van der Waals surface area contributed by atoms with Crippen molar-refractivity contribution in [1.82, 2.24) is 0 Å². The molecule has 4 unspecified atom stereocenters. The Morgan fingerprint density at radius 2 is 2.09 bits per heavy atom. The van der Waals surface area contributed by atoms with Gasteiger partial charge in [-0.2, -0.15) is 0 Å². The van der Waals surface area contributed by atoms with E-state index in [1.54, 1.807) is 18.2 Å². The summed E-state index contributed by atoms with van der Waals surface area (Å²) in [4.78, 5) is 29.2. The second-order valence-electron chi connectivity index (χ2n) is 8.57. The Balaban J connectivity index is 1.71. The van der Waals surface area contributed by atoms with Gasteiger partial charge in [-0.3, -0.25) is 14.6 Å². The zero-order valence-corrected chi connectivity index (χ0v) is 19.1. The fourth-order valence-electron chi connectivity index (χ4n) is 4.61. The number of Topliss-reactive ketones (excluding diaryl/α,β-unsaturated/α-hetero) is 1. The van der Waals surface area contributed by atoms with E-state index in [4.69, 9.17) is 9.47 Å². The summed E-state index contributed by atoms with van der Waals surface area (Å²) in [7, 11) is 1.50. The summed E-state index contributed by atoms with van der Waals surface area (Å²) in [5.74, 6) is 0.712. The standard InChI is InChI=1S/C26H33NO5/c1-4-18-6-9-22(20-11-12-27-16-20)23(13-18)25(32-17(2)28)15-21(29)8-5-19-7-10-24(30)26(14-19)31-3/h6-7,9-11,14,16,18,22-23,25,30H,4-5,8,12-13,15H2,1-3H3. The number of phenolic OH excluding ortho intramolecular Hbond substituents is 1. The van der Waals surface area contributed by atoms with E-state index in [0.29, 0.717) is 31.1 Å². The number of aliphatic imine (C=N–C) groups is 1. The molecular weight excluding hydrogens is 406 g/mol. The number of carbonyl (C=O) groups excluding carboxylic acids is 2. The highest BCUT2D eigenvalue weighted by molar-refractivity contribution is 5.82. The number of esters is 1. The van der Waals surface area contributed by atoms with Crippen molar-refractivity contribution in [2.45, 2.75) is 52.1 Å². The van der Waals surface area contributed by atoms with Gasteiger partial charge in [0.15, 0.2) is 11.5 Å². The van der Waals surface area contributed by atoms with Gasteiger partial charge in [-0.1, -0.05) is 31.2 Å². The lowest BCUT2D eigenvalue weighted by Gasteiger charge is -2.36. The molecular formula is C26H33NO5. The molecule has 0 saturated carbocycles. The molecule has 6 heteroatoms. The second-order valence-corrected chi connectivity index (χ2v) is 8.57. The SMILES string of the molecule is CCC1C=CC(C2=CCN=C2)C(C(CC(=O)CCc2ccc(O)c(OC)c2)OC(C)=O)C1. The molecule has 0 aromatic heterocycles. The fraction of sp³-hybridized carbons (Fsp3) is 0.500. The number of carbonyl (C=O) groups is 2. The lowest BCUT2D eigenvalue weighted by atomic mass is 9.71. The fourth-order valence-corrected chi connectivity index (χ4v) is 4.61. The highest BCUT2D eigenvalue weighted by Gasteiger charge is 2.37. The van der Waals surface area contributed by atoms with Crippen molar-refractivity contribution >= 4 is 18.0 Å². The van der Waals surface area contributed by atoms with Crippen LogP contribution >= 0.6 is 0 Å². The van der Waals surface area contributed by atoms with Crippen molar-refractivity contribution in [2.24, 2.45) is 22.7 Å². The van der Waals surface area contributed by atoms with Crippen molar-refractivity contribution < 1.29 is 24.2 Å². The Morgan fingerprint density at radius 1 is 1.28 bits per heavy atom. The number of phenols is 1. The molecule has 172 valence electrons. The highest BCUT2D eigenvalue weighted by atomic mass is 16.5. The molecule has 0 spiro atoms. The Morgan fingerprint density at radius 3 is 2.75 bits per heavy atom. The summed E-state index contributed by atoms with van der Waals surface area (Å²) in [6, 6.07) is 5.10. The van der Waals surface area contributed by atoms with Crippen LogP contribution in [-0.2, 0) is 20.7 Å². The molecule has 1 heterocycles. The van der Waals surface area contributed by atoms with Crippen molar-refractivity contribution in [2.75, 3.05) is 13.7 Å². The molecule has 1 N–H and O–H groups in total. The summed E-state index contributed by atoms with van der Waals surface area (Å²) in [6.07, 6.45) is 11.0. The van der Waals surface area contributed by atoms with Crippen molar-refractivity contribution in [3.05, 3.63) is 47.6 Å². The maximum atomic E-state index is 12.9. The molecule has 0 saturated heterocycles. The molecule has 0 bridgehead atoms. The number of methoxy groups -OCH3 is 1. The first kappa shape index (κ1) is 23.8. The van der Waals surface area contributed by atoms with Crippen LogP contribution in [0.5, 0.6) is 11.5 Å². The number of aryl methyl sites for hydroxylation is 1. The van der Waals surface area contributed by atoms with Gasteiger partial charge in [0.1, 0.15) is 11.9 Å². The minimum atomic E-state index is -0.465. The minimum Gasteiger partial charge on any atom is -0.504 e. The van der Waals surface area contributed by atoms with Crippen molar-refractivity contribution in [1.29, 1.82) is 0 Å². The first-order chi connectivity index (χ1) is 15.4. The molecule has 3 rings (SSSR count). The highest BCUT2D eigenvalue weighted by Crippen LogP contribution is 2.39. The maximum Gasteiger partial charge on any atom is 0.302 e. The summed E-state index contributed by atoms with van der Waals surface area (Å²) >= 11 is 0. The number of aromatic hydroxyl groups is 1. The number of ether oxygens (including phenoxy) is 2. The Labute approximate surface area is 190 Å². The van der Waals surface area contributed by atoms with Crippen LogP contribution in [0.15, 0.2) is 47.0 Å². The van der Waals surface area contributed by atoms with Gasteiger partial charge in [0.25, 0.3) is 0 Å². The Hall–Kier alpha value is -2.89. The molecule has 6 nitrogen and oxygen atoms in total. The van der Waals surface area contributed by atoms with Gasteiger partial charge in [0, 0.05) is 37.8 Å². The summed E-state index contributed by atoms with van der Waals surface area (Å²) in [5.41, 5.74) is 2.05. The van der Waals surface area contributed by atoms with E-state index >= 15 is 0 Å². The molecule has 1 aromatic carbocycles. The van der Waals surface area contributed by atoms with Crippen molar-refractivity contribution in [3.63, 3.8) is 0 Å². The predicted molar refractivity (Wildman–Crippen MR) is 124 cm³/mol. The molecule has 4 atom stereocenters. The molecule has 1 aliphatic heterocycles. The second kappa shape index (κ2) is 11.1. The van der Waals surface area contributed by atoms with E-state index in [1.165, 1.54) is 14.0 Å². The third-order valence-corrected chi connectivity index (χ3v) is 6.37. The molecule has 0 radical (unpaired) electrons. The van der Waals surface area contributed by atoms with E-state index in [1.807, 2.05) is 6.21 Å². The molecule has 0 amide bonds. The van der Waals surface area contributed by atoms with E-state index < -0.39 is 6.10 Å². The van der Waals surface area contributed by atoms with Gasteiger partial charge >= 0.3 is 5.97 Å². The summed E-state index contributed by atoms with van der Waals surface area (Å²) < 4.78 is 10.9. The molecule has 32 heavy (non-hydrogen) atoms. The number of benzene rings is 1. The van der Waals surface area contributed by atoms with Crippen LogP contribution in [0.1, 0.15) is 45.1 Å². The zero-order valence-electron chi connectivity index (χ0n) is 19.1. The maximum absolute atomic E-state index is 12.9. The number of ketones is 1. The first-order valence-electron chi connectivity index (χ1n) is 11.3. The lowest BCUT2D eigenvalue weighted by molar-refractivity contribution is -0.151. The molecule has 0 fully saturated rings.